The molecule has 0 fully saturated rings. The van der Waals surface area contributed by atoms with Crippen molar-refractivity contribution in [3.8, 4) is 0 Å². The second kappa shape index (κ2) is 6.68. The largest absolute Gasteiger partial charge is 0.324 e. The van der Waals surface area contributed by atoms with Gasteiger partial charge in [0.05, 0.1) is 11.7 Å². The summed E-state index contributed by atoms with van der Waals surface area (Å²) >= 11 is 1.62. The van der Waals surface area contributed by atoms with Crippen LogP contribution in [0.15, 0.2) is 41.5 Å². The molecule has 0 radical (unpaired) electrons. The molecule has 1 amide bonds. The average Bonchev–Trinajstić information content (AvgIpc) is 3.00. The lowest BCUT2D eigenvalue weighted by Crippen LogP contribution is -2.32. The summed E-state index contributed by atoms with van der Waals surface area (Å²) in [4.78, 5) is 32.2. The third-order valence-corrected chi connectivity index (χ3v) is 6.24. The predicted octanol–water partition coefficient (Wildman–Crippen LogP) is 3.78. The third kappa shape index (κ3) is 2.94. The van der Waals surface area contributed by atoms with E-state index < -0.39 is 6.04 Å². The number of hydrogen-bond acceptors (Lipinski definition) is 4. The van der Waals surface area contributed by atoms with Crippen LogP contribution in [0, 0.1) is 5.92 Å². The Balaban J connectivity index is 1.69. The van der Waals surface area contributed by atoms with Gasteiger partial charge in [0.1, 0.15) is 10.9 Å². The number of nitrogens with one attached hydrogen (secondary N) is 1. The van der Waals surface area contributed by atoms with Gasteiger partial charge in [-0.2, -0.15) is 0 Å². The van der Waals surface area contributed by atoms with E-state index in [4.69, 9.17) is 0 Å². The van der Waals surface area contributed by atoms with Crippen molar-refractivity contribution < 1.29 is 4.79 Å². The highest BCUT2D eigenvalue weighted by atomic mass is 32.1. The second-order valence-electron chi connectivity index (χ2n) is 7.02. The van der Waals surface area contributed by atoms with Crippen molar-refractivity contribution in [1.29, 1.82) is 0 Å². The number of amides is 1. The predicted molar refractivity (Wildman–Crippen MR) is 105 cm³/mol. The fourth-order valence-electron chi connectivity index (χ4n) is 3.51. The van der Waals surface area contributed by atoms with Crippen LogP contribution in [0.3, 0.4) is 0 Å². The van der Waals surface area contributed by atoms with Crippen LogP contribution in [-0.2, 0) is 17.6 Å². The van der Waals surface area contributed by atoms with Crippen LogP contribution in [0.1, 0.15) is 36.8 Å². The van der Waals surface area contributed by atoms with Gasteiger partial charge in [-0.25, -0.2) is 4.98 Å². The second-order valence-corrected chi connectivity index (χ2v) is 8.10. The molecular weight excluding hydrogens is 346 g/mol. The average molecular weight is 367 g/mol. The molecule has 3 aromatic rings. The minimum atomic E-state index is -0.627. The lowest BCUT2D eigenvalue weighted by Gasteiger charge is -2.18. The van der Waals surface area contributed by atoms with E-state index in [1.54, 1.807) is 18.3 Å². The molecule has 4 rings (SSSR count). The Hall–Kier alpha value is -2.47. The Kier molecular flexibility index (Phi) is 4.36. The highest BCUT2D eigenvalue weighted by Gasteiger charge is 2.25. The minimum absolute atomic E-state index is 0.113. The normalized spacial score (nSPS) is 17.7. The quantitative estimate of drug-likeness (QED) is 0.766. The summed E-state index contributed by atoms with van der Waals surface area (Å²) < 4.78 is 1.45. The van der Waals surface area contributed by atoms with Gasteiger partial charge < -0.3 is 5.32 Å². The van der Waals surface area contributed by atoms with Crippen LogP contribution in [0.25, 0.3) is 10.2 Å². The van der Waals surface area contributed by atoms with Crippen LogP contribution < -0.4 is 10.9 Å². The van der Waals surface area contributed by atoms with Gasteiger partial charge in [-0.05, 0) is 49.8 Å². The fraction of sp³-hybridized carbons (Fsp3) is 0.350. The summed E-state index contributed by atoms with van der Waals surface area (Å²) in [6, 6.07) is 8.63. The Bertz CT molecular complexity index is 1020. The molecule has 5 nitrogen and oxygen atoms in total. The Morgan fingerprint density at radius 2 is 2.12 bits per heavy atom. The van der Waals surface area contributed by atoms with Gasteiger partial charge in [0.15, 0.2) is 0 Å². The molecule has 0 aliphatic heterocycles. The molecule has 2 aromatic heterocycles. The number of anilines is 1. The molecule has 0 saturated heterocycles. The molecule has 0 bridgehead atoms. The number of para-hydroxylation sites is 1. The molecule has 1 N–H and O–H groups in total. The number of rotatable bonds is 3. The lowest BCUT2D eigenvalue weighted by atomic mass is 9.89. The monoisotopic (exact) mass is 367 g/mol. The first-order valence-corrected chi connectivity index (χ1v) is 9.73. The molecule has 0 saturated carbocycles. The first kappa shape index (κ1) is 17.0. The molecule has 2 heterocycles. The molecule has 26 heavy (non-hydrogen) atoms. The van der Waals surface area contributed by atoms with E-state index in [1.807, 2.05) is 30.3 Å². The standard InChI is InChI=1S/C20H21N3O2S/c1-12-8-9-15-16(10-12)26-19-17(15)20(25)23(11-21-19)13(2)18(24)22-14-6-4-3-5-7-14/h3-7,11-13H,8-10H2,1-2H3,(H,22,24)/t12-,13-/m1/s1. The zero-order valence-electron chi connectivity index (χ0n) is 14.9. The SMILES string of the molecule is C[C@@H]1CCc2c(sc3ncn([C@H](C)C(=O)Nc4ccccc4)c(=O)c23)C1. The van der Waals surface area contributed by atoms with Crippen LogP contribution in [0.2, 0.25) is 0 Å². The van der Waals surface area contributed by atoms with Crippen molar-refractivity contribution in [3.05, 3.63) is 57.5 Å². The third-order valence-electron chi connectivity index (χ3n) is 5.08. The maximum absolute atomic E-state index is 13.1. The van der Waals surface area contributed by atoms with Gasteiger partial charge in [-0.15, -0.1) is 11.3 Å². The summed E-state index contributed by atoms with van der Waals surface area (Å²) in [6.07, 6.45) is 4.53. The van der Waals surface area contributed by atoms with Crippen LogP contribution in [-0.4, -0.2) is 15.5 Å². The number of fused-ring (bicyclic) bond motifs is 3. The van der Waals surface area contributed by atoms with E-state index in [0.717, 1.165) is 29.7 Å². The van der Waals surface area contributed by atoms with Gasteiger partial charge in [0, 0.05) is 10.6 Å². The van der Waals surface area contributed by atoms with Crippen LogP contribution in [0.5, 0.6) is 0 Å². The van der Waals surface area contributed by atoms with Gasteiger partial charge >= 0.3 is 0 Å². The van der Waals surface area contributed by atoms with E-state index in [0.29, 0.717) is 17.0 Å². The summed E-state index contributed by atoms with van der Waals surface area (Å²) in [5.74, 6) is 0.422. The number of carbonyl (C=O) groups is 1. The first-order valence-electron chi connectivity index (χ1n) is 8.92. The fourth-order valence-corrected chi connectivity index (χ4v) is 4.86. The van der Waals surface area contributed by atoms with E-state index in [9.17, 15) is 9.59 Å². The van der Waals surface area contributed by atoms with Crippen molar-refractivity contribution in [2.45, 2.75) is 39.2 Å². The van der Waals surface area contributed by atoms with Crippen molar-refractivity contribution >= 4 is 33.1 Å². The molecule has 1 aliphatic carbocycles. The molecule has 0 unspecified atom stereocenters. The molecule has 6 heteroatoms. The first-order chi connectivity index (χ1) is 12.5. The Morgan fingerprint density at radius 3 is 2.88 bits per heavy atom. The van der Waals surface area contributed by atoms with Crippen molar-refractivity contribution in [2.75, 3.05) is 5.32 Å². The Labute approximate surface area is 155 Å². The van der Waals surface area contributed by atoms with E-state index in [2.05, 4.69) is 17.2 Å². The van der Waals surface area contributed by atoms with Crippen LogP contribution >= 0.6 is 11.3 Å². The maximum Gasteiger partial charge on any atom is 0.263 e. The van der Waals surface area contributed by atoms with E-state index in [1.165, 1.54) is 15.8 Å². The summed E-state index contributed by atoms with van der Waals surface area (Å²) in [7, 11) is 0. The molecule has 1 aromatic carbocycles. The summed E-state index contributed by atoms with van der Waals surface area (Å²) in [5.41, 5.74) is 1.75. The molecule has 1 aliphatic rings. The summed E-state index contributed by atoms with van der Waals surface area (Å²) in [6.45, 7) is 3.98. The van der Waals surface area contributed by atoms with Gasteiger partial charge in [-0.1, -0.05) is 25.1 Å². The maximum atomic E-state index is 13.1. The minimum Gasteiger partial charge on any atom is -0.324 e. The van der Waals surface area contributed by atoms with Crippen molar-refractivity contribution in [1.82, 2.24) is 9.55 Å². The molecule has 134 valence electrons. The van der Waals surface area contributed by atoms with Crippen molar-refractivity contribution in [3.63, 3.8) is 0 Å². The number of thiophene rings is 1. The number of benzene rings is 1. The number of carbonyl (C=O) groups excluding carboxylic acids is 1. The Morgan fingerprint density at radius 1 is 1.35 bits per heavy atom. The van der Waals surface area contributed by atoms with Crippen LogP contribution in [0.4, 0.5) is 5.69 Å². The zero-order chi connectivity index (χ0) is 18.3. The zero-order valence-corrected chi connectivity index (χ0v) is 15.7. The molecular formula is C20H21N3O2S. The topological polar surface area (TPSA) is 64.0 Å². The lowest BCUT2D eigenvalue weighted by molar-refractivity contribution is -0.118. The molecule has 0 spiro atoms. The summed E-state index contributed by atoms with van der Waals surface area (Å²) in [5, 5.41) is 3.56. The van der Waals surface area contributed by atoms with E-state index in [-0.39, 0.29) is 11.5 Å². The number of aryl methyl sites for hydroxylation is 1. The number of aromatic nitrogens is 2. The van der Waals surface area contributed by atoms with E-state index >= 15 is 0 Å². The number of nitrogens with zero attached hydrogens (tertiary/aromatic N) is 2. The smallest absolute Gasteiger partial charge is 0.263 e. The van der Waals surface area contributed by atoms with Gasteiger partial charge in [0.25, 0.3) is 5.56 Å². The van der Waals surface area contributed by atoms with Crippen molar-refractivity contribution in [2.24, 2.45) is 5.92 Å². The molecule has 2 atom stereocenters. The highest BCUT2D eigenvalue weighted by molar-refractivity contribution is 7.18. The van der Waals surface area contributed by atoms with Gasteiger partial charge in [-0.3, -0.25) is 14.2 Å². The number of hydrogen-bond donors (Lipinski definition) is 1. The van der Waals surface area contributed by atoms with Gasteiger partial charge in [0.2, 0.25) is 5.91 Å². The highest BCUT2D eigenvalue weighted by Crippen LogP contribution is 2.35.